The van der Waals surface area contributed by atoms with E-state index in [9.17, 15) is 0 Å². The summed E-state index contributed by atoms with van der Waals surface area (Å²) >= 11 is 1.49. The molecule has 1 aliphatic rings. The quantitative estimate of drug-likeness (QED) is 0.771. The molecule has 15 heavy (non-hydrogen) atoms. The second-order valence-corrected chi connectivity index (χ2v) is 4.74. The third-order valence-electron chi connectivity index (χ3n) is 2.46. The molecule has 1 aliphatic heterocycles. The van der Waals surface area contributed by atoms with Crippen molar-refractivity contribution in [1.82, 2.24) is 9.36 Å². The van der Waals surface area contributed by atoms with Crippen LogP contribution in [0.2, 0.25) is 0 Å². The fraction of sp³-hybridized carbons (Fsp3) is 0.800. The summed E-state index contributed by atoms with van der Waals surface area (Å²) in [5.41, 5.74) is 0. The molecule has 0 spiro atoms. The van der Waals surface area contributed by atoms with Crippen molar-refractivity contribution in [2.24, 2.45) is 0 Å². The topological polar surface area (TPSA) is 38.2 Å². The minimum Gasteiger partial charge on any atom is -0.372 e. The molecule has 0 radical (unpaired) electrons. The van der Waals surface area contributed by atoms with E-state index in [-0.39, 0.29) is 12.2 Å². The van der Waals surface area contributed by atoms with E-state index < -0.39 is 0 Å². The van der Waals surface area contributed by atoms with Gasteiger partial charge in [0.2, 0.25) is 5.13 Å². The first-order valence-corrected chi connectivity index (χ1v) is 6.19. The SMILES string of the molecule is CCc1nsc(N2C[C@@H](C)O[C@H](C)C2)n1. The highest BCUT2D eigenvalue weighted by molar-refractivity contribution is 7.09. The minimum absolute atomic E-state index is 0.280. The minimum atomic E-state index is 0.280. The number of aryl methyl sites for hydroxylation is 1. The van der Waals surface area contributed by atoms with E-state index in [1.165, 1.54) is 11.5 Å². The largest absolute Gasteiger partial charge is 0.372 e. The van der Waals surface area contributed by atoms with Crippen molar-refractivity contribution in [3.05, 3.63) is 5.82 Å². The van der Waals surface area contributed by atoms with E-state index in [1.54, 1.807) is 0 Å². The molecule has 4 nitrogen and oxygen atoms in total. The van der Waals surface area contributed by atoms with Crippen molar-refractivity contribution in [3.8, 4) is 0 Å². The lowest BCUT2D eigenvalue weighted by atomic mass is 10.2. The Hall–Kier alpha value is -0.680. The molecule has 1 aromatic rings. The van der Waals surface area contributed by atoms with Crippen LogP contribution in [0.4, 0.5) is 5.13 Å². The number of nitrogens with zero attached hydrogens (tertiary/aromatic N) is 3. The predicted octanol–water partition coefficient (Wildman–Crippen LogP) is 1.71. The van der Waals surface area contributed by atoms with Crippen LogP contribution in [-0.2, 0) is 11.2 Å². The van der Waals surface area contributed by atoms with Gasteiger partial charge in [0, 0.05) is 31.0 Å². The molecular formula is C10H17N3OS. The molecule has 0 aliphatic carbocycles. The maximum atomic E-state index is 5.69. The second-order valence-electron chi connectivity index (χ2n) is 4.01. The average Bonchev–Trinajstić information content (AvgIpc) is 2.64. The molecule has 1 fully saturated rings. The van der Waals surface area contributed by atoms with Gasteiger partial charge in [-0.05, 0) is 13.8 Å². The van der Waals surface area contributed by atoms with Crippen molar-refractivity contribution in [1.29, 1.82) is 0 Å². The maximum absolute atomic E-state index is 5.69. The van der Waals surface area contributed by atoms with Crippen LogP contribution in [0.3, 0.4) is 0 Å². The molecule has 1 saturated heterocycles. The van der Waals surface area contributed by atoms with Crippen LogP contribution >= 0.6 is 11.5 Å². The fourth-order valence-electron chi connectivity index (χ4n) is 1.85. The van der Waals surface area contributed by atoms with Crippen molar-refractivity contribution in [2.45, 2.75) is 39.4 Å². The first kappa shape index (κ1) is 10.8. The number of hydrogen-bond donors (Lipinski definition) is 0. The highest BCUT2D eigenvalue weighted by atomic mass is 32.1. The van der Waals surface area contributed by atoms with Gasteiger partial charge >= 0.3 is 0 Å². The predicted molar refractivity (Wildman–Crippen MR) is 61.5 cm³/mol. The van der Waals surface area contributed by atoms with E-state index >= 15 is 0 Å². The van der Waals surface area contributed by atoms with Crippen LogP contribution in [-0.4, -0.2) is 34.7 Å². The van der Waals surface area contributed by atoms with E-state index in [1.807, 2.05) is 0 Å². The third kappa shape index (κ3) is 2.46. The van der Waals surface area contributed by atoms with Crippen LogP contribution in [0, 0.1) is 0 Å². The zero-order valence-electron chi connectivity index (χ0n) is 9.43. The smallest absolute Gasteiger partial charge is 0.205 e. The van der Waals surface area contributed by atoms with Crippen LogP contribution in [0.15, 0.2) is 0 Å². The lowest BCUT2D eigenvalue weighted by molar-refractivity contribution is -0.00523. The summed E-state index contributed by atoms with van der Waals surface area (Å²) in [5.74, 6) is 0.946. The zero-order chi connectivity index (χ0) is 10.8. The highest BCUT2D eigenvalue weighted by Crippen LogP contribution is 2.22. The first-order chi connectivity index (χ1) is 7.19. The van der Waals surface area contributed by atoms with Gasteiger partial charge in [-0.2, -0.15) is 4.37 Å². The molecule has 0 unspecified atom stereocenters. The Bertz CT molecular complexity index is 318. The Morgan fingerprint density at radius 3 is 2.60 bits per heavy atom. The molecule has 84 valence electrons. The molecule has 2 rings (SSSR count). The average molecular weight is 227 g/mol. The third-order valence-corrected chi connectivity index (χ3v) is 3.28. The first-order valence-electron chi connectivity index (χ1n) is 5.42. The summed E-state index contributed by atoms with van der Waals surface area (Å²) in [6.45, 7) is 8.12. The summed E-state index contributed by atoms with van der Waals surface area (Å²) < 4.78 is 9.99. The van der Waals surface area contributed by atoms with Crippen LogP contribution in [0.25, 0.3) is 0 Å². The summed E-state index contributed by atoms with van der Waals surface area (Å²) in [6.07, 6.45) is 1.47. The Morgan fingerprint density at radius 2 is 2.07 bits per heavy atom. The Balaban J connectivity index is 2.09. The van der Waals surface area contributed by atoms with Gasteiger partial charge in [0.25, 0.3) is 0 Å². The van der Waals surface area contributed by atoms with E-state index in [0.717, 1.165) is 30.5 Å². The van der Waals surface area contributed by atoms with Gasteiger partial charge < -0.3 is 9.64 Å². The van der Waals surface area contributed by atoms with Crippen molar-refractivity contribution >= 4 is 16.7 Å². The lowest BCUT2D eigenvalue weighted by Gasteiger charge is -2.34. The molecule has 0 aromatic carbocycles. The maximum Gasteiger partial charge on any atom is 0.205 e. The van der Waals surface area contributed by atoms with Gasteiger partial charge in [0.15, 0.2) is 0 Å². The van der Waals surface area contributed by atoms with Gasteiger partial charge in [-0.25, -0.2) is 4.98 Å². The van der Waals surface area contributed by atoms with E-state index in [2.05, 4.69) is 35.0 Å². The van der Waals surface area contributed by atoms with Gasteiger partial charge in [-0.1, -0.05) is 6.92 Å². The Labute approximate surface area is 94.4 Å². The van der Waals surface area contributed by atoms with Crippen molar-refractivity contribution < 1.29 is 4.74 Å². The Kier molecular flexibility index (Phi) is 3.21. The van der Waals surface area contributed by atoms with E-state index in [0.29, 0.717) is 0 Å². The number of ether oxygens (including phenoxy) is 1. The summed E-state index contributed by atoms with van der Waals surface area (Å²) in [5, 5.41) is 1.04. The molecule has 2 heterocycles. The lowest BCUT2D eigenvalue weighted by Crippen LogP contribution is -2.45. The van der Waals surface area contributed by atoms with Gasteiger partial charge in [0.1, 0.15) is 5.82 Å². The number of morpholine rings is 1. The van der Waals surface area contributed by atoms with Crippen molar-refractivity contribution in [2.75, 3.05) is 18.0 Å². The Morgan fingerprint density at radius 1 is 1.40 bits per heavy atom. The molecule has 1 aromatic heterocycles. The number of aromatic nitrogens is 2. The number of anilines is 1. The standard InChI is InChI=1S/C10H17N3OS/c1-4-9-11-10(15-12-9)13-5-7(2)14-8(3)6-13/h7-8H,4-6H2,1-3H3/t7-,8-/m1/s1. The van der Waals surface area contributed by atoms with Crippen LogP contribution in [0.1, 0.15) is 26.6 Å². The number of hydrogen-bond acceptors (Lipinski definition) is 5. The number of rotatable bonds is 2. The van der Waals surface area contributed by atoms with Gasteiger partial charge in [-0.15, -0.1) is 0 Å². The van der Waals surface area contributed by atoms with E-state index in [4.69, 9.17) is 4.74 Å². The normalized spacial score (nSPS) is 27.0. The molecule has 0 bridgehead atoms. The highest BCUT2D eigenvalue weighted by Gasteiger charge is 2.24. The molecule has 0 amide bonds. The molecule has 2 atom stereocenters. The monoisotopic (exact) mass is 227 g/mol. The van der Waals surface area contributed by atoms with Gasteiger partial charge in [0.05, 0.1) is 12.2 Å². The molecular weight excluding hydrogens is 210 g/mol. The van der Waals surface area contributed by atoms with Crippen LogP contribution in [0.5, 0.6) is 0 Å². The fourth-order valence-corrected chi connectivity index (χ4v) is 2.62. The molecule has 0 saturated carbocycles. The summed E-state index contributed by atoms with van der Waals surface area (Å²) in [4.78, 5) is 6.77. The molecule has 5 heteroatoms. The van der Waals surface area contributed by atoms with Crippen LogP contribution < -0.4 is 4.90 Å². The van der Waals surface area contributed by atoms with Gasteiger partial charge in [-0.3, -0.25) is 0 Å². The van der Waals surface area contributed by atoms with Crippen molar-refractivity contribution in [3.63, 3.8) is 0 Å². The zero-order valence-corrected chi connectivity index (χ0v) is 10.3. The molecule has 0 N–H and O–H groups in total. The second kappa shape index (κ2) is 4.45. The summed E-state index contributed by atoms with van der Waals surface area (Å²) in [6, 6.07) is 0. The summed E-state index contributed by atoms with van der Waals surface area (Å²) in [7, 11) is 0.